The van der Waals surface area contributed by atoms with Crippen LogP contribution in [0.3, 0.4) is 0 Å². The van der Waals surface area contributed by atoms with Crippen LogP contribution in [0.15, 0.2) is 46.6 Å². The molecule has 0 unspecified atom stereocenters. The van der Waals surface area contributed by atoms with Crippen LogP contribution in [-0.2, 0) is 23.5 Å². The first-order chi connectivity index (χ1) is 19.4. The van der Waals surface area contributed by atoms with Gasteiger partial charge in [0.15, 0.2) is 5.13 Å². The lowest BCUT2D eigenvalue weighted by molar-refractivity contribution is -0.143. The highest BCUT2D eigenvalue weighted by molar-refractivity contribution is 7.17. The molecule has 218 valence electrons. The molecule has 2 aromatic carbocycles. The van der Waals surface area contributed by atoms with E-state index in [-0.39, 0.29) is 22.4 Å². The van der Waals surface area contributed by atoms with Crippen LogP contribution in [0.5, 0.6) is 5.88 Å². The molecular formula is C27H25F6N5O2S. The Bertz CT molecular complexity index is 1580. The highest BCUT2D eigenvalue weighted by Gasteiger charge is 2.38. The highest BCUT2D eigenvalue weighted by Crippen LogP contribution is 2.41. The summed E-state index contributed by atoms with van der Waals surface area (Å²) in [7, 11) is 1.63. The van der Waals surface area contributed by atoms with Crippen molar-refractivity contribution in [2.24, 2.45) is 10.2 Å². The van der Waals surface area contributed by atoms with Gasteiger partial charge in [-0.25, -0.2) is 0 Å². The number of halogens is 6. The molecule has 5 rings (SSSR count). The first-order valence-corrected chi connectivity index (χ1v) is 13.4. The molecule has 0 amide bonds. The van der Waals surface area contributed by atoms with Crippen LogP contribution in [0.25, 0.3) is 5.57 Å². The van der Waals surface area contributed by atoms with Gasteiger partial charge in [0.05, 0.1) is 34.2 Å². The van der Waals surface area contributed by atoms with E-state index >= 15 is 0 Å². The molecule has 0 aliphatic carbocycles. The standard InChI is InChI=1S/C27H25F6N5O2S/c1-40-11-10-37-6-8-38(9-7-37)25-35-24(39)23(41-25)20(16-3-5-22-18(12-16)15-34-36-22)13-17-2-4-19(26(28,29)30)14-21(17)27(31,32)33/h2-5,12,14-15,39H,6-11,13H2,1H3/b20-16+. The van der Waals surface area contributed by atoms with Gasteiger partial charge in [-0.15, -0.1) is 0 Å². The van der Waals surface area contributed by atoms with Gasteiger partial charge in [-0.3, -0.25) is 4.90 Å². The van der Waals surface area contributed by atoms with Crippen molar-refractivity contribution < 1.29 is 36.2 Å². The van der Waals surface area contributed by atoms with Gasteiger partial charge in [-0.1, -0.05) is 23.5 Å². The van der Waals surface area contributed by atoms with Crippen LogP contribution < -0.4 is 15.5 Å². The Morgan fingerprint density at radius 1 is 1.00 bits per heavy atom. The minimum absolute atomic E-state index is 0.127. The molecule has 41 heavy (non-hydrogen) atoms. The van der Waals surface area contributed by atoms with Crippen molar-refractivity contribution in [1.29, 1.82) is 0 Å². The fraction of sp³-hybridized carbons (Fsp3) is 0.370. The number of fused-ring (bicyclic) bond motifs is 1. The van der Waals surface area contributed by atoms with Crippen LogP contribution in [0.2, 0.25) is 0 Å². The Labute approximate surface area is 234 Å². The van der Waals surface area contributed by atoms with Crippen molar-refractivity contribution >= 4 is 28.3 Å². The van der Waals surface area contributed by atoms with Crippen LogP contribution in [-0.4, -0.2) is 67.6 Å². The largest absolute Gasteiger partial charge is 0.492 e. The zero-order valence-electron chi connectivity index (χ0n) is 21.8. The Kier molecular flexibility index (Phi) is 8.08. The molecule has 1 fully saturated rings. The summed E-state index contributed by atoms with van der Waals surface area (Å²) < 4.78 is 87.0. The molecule has 0 radical (unpaired) electrons. The van der Waals surface area contributed by atoms with E-state index in [1.807, 2.05) is 4.90 Å². The Balaban J connectivity index is 1.57. The average molecular weight is 598 g/mol. The Morgan fingerprint density at radius 3 is 2.44 bits per heavy atom. The second-order valence-electron chi connectivity index (χ2n) is 9.61. The third-order valence-corrected chi connectivity index (χ3v) is 8.14. The molecule has 1 N–H and O–H groups in total. The molecule has 14 heteroatoms. The zero-order valence-corrected chi connectivity index (χ0v) is 22.6. The highest BCUT2D eigenvalue weighted by atomic mass is 32.1. The van der Waals surface area contributed by atoms with E-state index in [9.17, 15) is 31.4 Å². The van der Waals surface area contributed by atoms with Gasteiger partial charge in [0.25, 0.3) is 0 Å². The SMILES string of the molecule is COCCN1CCN(c2nc(O)c(/C(Cc3ccc(C(F)(F)F)cc3C(F)(F)F)=c3\ccc4c(c3)C=NN=4)s2)CC1. The molecule has 2 aliphatic heterocycles. The summed E-state index contributed by atoms with van der Waals surface area (Å²) in [5.74, 6) is -0.360. The molecule has 0 atom stereocenters. The lowest BCUT2D eigenvalue weighted by Gasteiger charge is -2.34. The maximum Gasteiger partial charge on any atom is 0.416 e. The predicted octanol–water partition coefficient (Wildman–Crippen LogP) is 4.06. The summed E-state index contributed by atoms with van der Waals surface area (Å²) in [5, 5.41) is 20.3. The third kappa shape index (κ3) is 6.39. The fourth-order valence-electron chi connectivity index (χ4n) is 4.78. The monoisotopic (exact) mass is 597 g/mol. The number of hydrogen-bond acceptors (Lipinski definition) is 8. The molecular weight excluding hydrogens is 572 g/mol. The lowest BCUT2D eigenvalue weighted by atomic mass is 9.94. The number of benzene rings is 2. The minimum Gasteiger partial charge on any atom is -0.492 e. The van der Waals surface area contributed by atoms with E-state index in [0.29, 0.717) is 52.6 Å². The van der Waals surface area contributed by atoms with E-state index < -0.39 is 29.9 Å². The number of hydrogen-bond donors (Lipinski definition) is 1. The van der Waals surface area contributed by atoms with Crippen molar-refractivity contribution in [2.45, 2.75) is 18.8 Å². The Morgan fingerprint density at radius 2 is 1.76 bits per heavy atom. The van der Waals surface area contributed by atoms with Gasteiger partial charge >= 0.3 is 12.4 Å². The molecule has 0 bridgehead atoms. The number of anilines is 1. The number of aromatic hydroxyl groups is 1. The van der Waals surface area contributed by atoms with Crippen molar-refractivity contribution in [3.8, 4) is 5.88 Å². The van der Waals surface area contributed by atoms with E-state index in [1.54, 1.807) is 25.3 Å². The first-order valence-electron chi connectivity index (χ1n) is 12.6. The van der Waals surface area contributed by atoms with Crippen molar-refractivity contribution in [3.05, 3.63) is 74.1 Å². The summed E-state index contributed by atoms with van der Waals surface area (Å²) in [4.78, 5) is 8.77. The number of thiazole rings is 1. The molecule has 3 aromatic rings. The van der Waals surface area contributed by atoms with Gasteiger partial charge in [-0.2, -0.15) is 41.5 Å². The lowest BCUT2D eigenvalue weighted by Crippen LogP contribution is -2.47. The van der Waals surface area contributed by atoms with Crippen LogP contribution in [0.4, 0.5) is 31.5 Å². The normalized spacial score (nSPS) is 16.6. The van der Waals surface area contributed by atoms with Crippen LogP contribution >= 0.6 is 11.3 Å². The molecule has 3 heterocycles. The van der Waals surface area contributed by atoms with E-state index in [4.69, 9.17) is 4.74 Å². The van der Waals surface area contributed by atoms with Gasteiger partial charge in [0.1, 0.15) is 0 Å². The number of nitrogens with zero attached hydrogens (tertiary/aromatic N) is 5. The maximum absolute atomic E-state index is 14.0. The van der Waals surface area contributed by atoms with E-state index in [2.05, 4.69) is 20.1 Å². The molecule has 7 nitrogen and oxygen atoms in total. The maximum atomic E-state index is 14.0. The number of methoxy groups -OCH3 is 1. The smallest absolute Gasteiger partial charge is 0.416 e. The summed E-state index contributed by atoms with van der Waals surface area (Å²) in [6, 6.07) is 6.56. The number of aromatic nitrogens is 1. The van der Waals surface area contributed by atoms with Crippen LogP contribution in [0, 0.1) is 0 Å². The van der Waals surface area contributed by atoms with Gasteiger partial charge in [0, 0.05) is 51.8 Å². The number of piperazine rings is 1. The van der Waals surface area contributed by atoms with Crippen molar-refractivity contribution in [3.63, 3.8) is 0 Å². The third-order valence-electron chi connectivity index (χ3n) is 6.97. The fourth-order valence-corrected chi connectivity index (χ4v) is 5.86. The molecule has 2 aliphatic rings. The molecule has 0 spiro atoms. The summed E-state index contributed by atoms with van der Waals surface area (Å²) in [6.45, 7) is 4.11. The minimum atomic E-state index is -5.03. The predicted molar refractivity (Wildman–Crippen MR) is 142 cm³/mol. The first kappa shape index (κ1) is 29.0. The van der Waals surface area contributed by atoms with Crippen molar-refractivity contribution in [2.75, 3.05) is 51.3 Å². The van der Waals surface area contributed by atoms with Crippen LogP contribution in [0.1, 0.15) is 27.1 Å². The summed E-state index contributed by atoms with van der Waals surface area (Å²) >= 11 is 1.13. The summed E-state index contributed by atoms with van der Waals surface area (Å²) in [5.41, 5.74) is -2.23. The molecule has 1 aromatic heterocycles. The molecule has 1 saturated heterocycles. The number of alkyl halides is 6. The average Bonchev–Trinajstić information content (AvgIpc) is 3.56. The second-order valence-corrected chi connectivity index (χ2v) is 10.6. The van der Waals surface area contributed by atoms with Gasteiger partial charge < -0.3 is 14.7 Å². The quantitative estimate of drug-likeness (QED) is 0.416. The number of ether oxygens (including phenoxy) is 1. The zero-order chi connectivity index (χ0) is 29.4. The Hall–Kier alpha value is -3.49. The summed E-state index contributed by atoms with van der Waals surface area (Å²) in [6.07, 6.45) is -8.88. The second kappa shape index (κ2) is 11.4. The van der Waals surface area contributed by atoms with Gasteiger partial charge in [0.2, 0.25) is 5.88 Å². The van der Waals surface area contributed by atoms with Crippen molar-refractivity contribution in [1.82, 2.24) is 9.88 Å². The van der Waals surface area contributed by atoms with E-state index in [0.717, 1.165) is 37.0 Å². The van der Waals surface area contributed by atoms with Gasteiger partial charge in [-0.05, 0) is 40.6 Å². The molecule has 0 saturated carbocycles. The topological polar surface area (TPSA) is 73.5 Å². The van der Waals surface area contributed by atoms with E-state index in [1.165, 1.54) is 6.21 Å². The number of rotatable bonds is 7.